The number of amides is 2. The van der Waals surface area contributed by atoms with E-state index in [2.05, 4.69) is 5.32 Å². The van der Waals surface area contributed by atoms with Gasteiger partial charge in [0.1, 0.15) is 11.5 Å². The van der Waals surface area contributed by atoms with Crippen molar-refractivity contribution in [1.29, 1.82) is 0 Å². The number of carbonyl (C=O) groups excluding carboxylic acids is 1. The van der Waals surface area contributed by atoms with Crippen molar-refractivity contribution >= 4 is 23.1 Å². The minimum absolute atomic E-state index is 0.187. The lowest BCUT2D eigenvalue weighted by atomic mass is 10.3. The molecule has 6 heteroatoms. The van der Waals surface area contributed by atoms with Crippen LogP contribution in [-0.4, -0.2) is 18.0 Å². The number of ether oxygens (including phenoxy) is 1. The molecule has 1 aromatic carbocycles. The van der Waals surface area contributed by atoms with Crippen LogP contribution in [0.25, 0.3) is 0 Å². The van der Waals surface area contributed by atoms with E-state index in [1.54, 1.807) is 35.7 Å². The van der Waals surface area contributed by atoms with Crippen LogP contribution in [0, 0.1) is 0 Å². The largest absolute Gasteiger partial charge is 0.497 e. The molecule has 24 heavy (non-hydrogen) atoms. The van der Waals surface area contributed by atoms with E-state index in [-0.39, 0.29) is 6.03 Å². The second-order valence-corrected chi connectivity index (χ2v) is 6.21. The van der Waals surface area contributed by atoms with Gasteiger partial charge >= 0.3 is 6.03 Å². The number of methoxy groups -OCH3 is 1. The van der Waals surface area contributed by atoms with Crippen molar-refractivity contribution in [2.75, 3.05) is 12.4 Å². The molecule has 0 fully saturated rings. The summed E-state index contributed by atoms with van der Waals surface area (Å²) >= 11 is 1.62. The Bertz CT molecular complexity index is 733. The fourth-order valence-electron chi connectivity index (χ4n) is 2.28. The first kappa shape index (κ1) is 16.1. The summed E-state index contributed by atoms with van der Waals surface area (Å²) < 4.78 is 10.6. The number of hydrogen-bond acceptors (Lipinski definition) is 4. The highest BCUT2D eigenvalue weighted by atomic mass is 32.1. The maximum atomic E-state index is 12.7. The number of carbonyl (C=O) groups is 1. The zero-order valence-electron chi connectivity index (χ0n) is 13.3. The van der Waals surface area contributed by atoms with Crippen LogP contribution < -0.4 is 10.1 Å². The molecule has 0 unspecified atom stereocenters. The van der Waals surface area contributed by atoms with Gasteiger partial charge in [-0.25, -0.2) is 4.79 Å². The van der Waals surface area contributed by atoms with Gasteiger partial charge in [0.05, 0.1) is 26.5 Å². The highest BCUT2D eigenvalue weighted by Crippen LogP contribution is 2.19. The average Bonchev–Trinajstić information content (AvgIpc) is 3.28. The lowest BCUT2D eigenvalue weighted by Gasteiger charge is -2.21. The fraction of sp³-hybridized carbons (Fsp3) is 0.167. The Morgan fingerprint density at radius 1 is 1.21 bits per heavy atom. The van der Waals surface area contributed by atoms with Crippen LogP contribution in [0.3, 0.4) is 0 Å². The van der Waals surface area contributed by atoms with E-state index < -0.39 is 0 Å². The summed E-state index contributed by atoms with van der Waals surface area (Å²) in [4.78, 5) is 15.5. The molecule has 0 bridgehead atoms. The molecule has 1 N–H and O–H groups in total. The third-order valence-corrected chi connectivity index (χ3v) is 4.32. The minimum atomic E-state index is -0.187. The molecular weight excluding hydrogens is 324 g/mol. The van der Waals surface area contributed by atoms with E-state index >= 15 is 0 Å². The van der Waals surface area contributed by atoms with E-state index in [9.17, 15) is 4.79 Å². The molecule has 0 atom stereocenters. The van der Waals surface area contributed by atoms with Gasteiger partial charge in [-0.1, -0.05) is 12.1 Å². The van der Waals surface area contributed by atoms with Crippen molar-refractivity contribution < 1.29 is 13.9 Å². The quantitative estimate of drug-likeness (QED) is 0.713. The van der Waals surface area contributed by atoms with Crippen molar-refractivity contribution in [1.82, 2.24) is 4.90 Å². The molecule has 0 aliphatic rings. The Balaban J connectivity index is 1.74. The van der Waals surface area contributed by atoms with Gasteiger partial charge in [-0.15, -0.1) is 11.3 Å². The third kappa shape index (κ3) is 4.17. The summed E-state index contributed by atoms with van der Waals surface area (Å²) in [6, 6.07) is 14.8. The van der Waals surface area contributed by atoms with Gasteiger partial charge in [0.2, 0.25) is 0 Å². The summed E-state index contributed by atoms with van der Waals surface area (Å²) in [5, 5.41) is 4.91. The number of benzene rings is 1. The van der Waals surface area contributed by atoms with Gasteiger partial charge in [0.15, 0.2) is 0 Å². The summed E-state index contributed by atoms with van der Waals surface area (Å²) in [6.07, 6.45) is 1.61. The summed E-state index contributed by atoms with van der Waals surface area (Å²) in [5.41, 5.74) is 0.690. The Hall–Kier alpha value is -2.73. The molecule has 3 rings (SSSR count). The lowest BCUT2D eigenvalue weighted by Crippen LogP contribution is -2.33. The van der Waals surface area contributed by atoms with Crippen LogP contribution in [0.15, 0.2) is 64.6 Å². The standard InChI is InChI=1S/C18H18N2O3S/c1-22-15-6-2-5-14(11-15)19-18(21)20(12-16-7-3-9-23-16)13-17-8-4-10-24-17/h2-11H,12-13H2,1H3,(H,19,21). The predicted octanol–water partition coefficient (Wildman–Crippen LogP) is 4.58. The number of rotatable bonds is 6. The molecule has 0 aliphatic heterocycles. The number of thiophene rings is 1. The zero-order valence-corrected chi connectivity index (χ0v) is 14.1. The van der Waals surface area contributed by atoms with E-state index in [4.69, 9.17) is 9.15 Å². The molecule has 124 valence electrons. The number of nitrogens with one attached hydrogen (secondary N) is 1. The van der Waals surface area contributed by atoms with Gasteiger partial charge in [0, 0.05) is 16.6 Å². The van der Waals surface area contributed by atoms with Crippen molar-refractivity contribution in [3.63, 3.8) is 0 Å². The summed E-state index contributed by atoms with van der Waals surface area (Å²) in [7, 11) is 1.60. The second kappa shape index (κ2) is 7.70. The number of anilines is 1. The number of hydrogen-bond donors (Lipinski definition) is 1. The third-order valence-electron chi connectivity index (χ3n) is 3.46. The normalized spacial score (nSPS) is 10.4. The van der Waals surface area contributed by atoms with Crippen molar-refractivity contribution in [3.8, 4) is 5.75 Å². The lowest BCUT2D eigenvalue weighted by molar-refractivity contribution is 0.202. The van der Waals surface area contributed by atoms with Gasteiger partial charge in [-0.05, 0) is 35.7 Å². The van der Waals surface area contributed by atoms with E-state index in [0.29, 0.717) is 24.5 Å². The molecule has 2 aromatic heterocycles. The van der Waals surface area contributed by atoms with Crippen molar-refractivity contribution in [2.45, 2.75) is 13.1 Å². The topological polar surface area (TPSA) is 54.7 Å². The molecule has 3 aromatic rings. The van der Waals surface area contributed by atoms with Gasteiger partial charge < -0.3 is 19.4 Å². The Kier molecular flexibility index (Phi) is 5.18. The number of furan rings is 1. The average molecular weight is 342 g/mol. The predicted molar refractivity (Wildman–Crippen MR) is 94.3 cm³/mol. The number of nitrogens with zero attached hydrogens (tertiary/aromatic N) is 1. The van der Waals surface area contributed by atoms with Gasteiger partial charge in [-0.3, -0.25) is 0 Å². The maximum absolute atomic E-state index is 12.7. The highest BCUT2D eigenvalue weighted by Gasteiger charge is 2.17. The molecular formula is C18H18N2O3S. The number of urea groups is 1. The van der Waals surface area contributed by atoms with Crippen molar-refractivity contribution in [2.24, 2.45) is 0 Å². The summed E-state index contributed by atoms with van der Waals surface area (Å²) in [5.74, 6) is 1.44. The van der Waals surface area contributed by atoms with Crippen LogP contribution in [-0.2, 0) is 13.1 Å². The first-order chi connectivity index (χ1) is 11.7. The van der Waals surface area contributed by atoms with Gasteiger partial charge in [0.25, 0.3) is 0 Å². The molecule has 0 saturated carbocycles. The Morgan fingerprint density at radius 2 is 2.12 bits per heavy atom. The molecule has 0 radical (unpaired) electrons. The SMILES string of the molecule is COc1cccc(NC(=O)N(Cc2ccco2)Cc2cccs2)c1. The van der Waals surface area contributed by atoms with E-state index in [1.807, 2.05) is 47.8 Å². The molecule has 0 saturated heterocycles. The molecule has 0 aliphatic carbocycles. The highest BCUT2D eigenvalue weighted by molar-refractivity contribution is 7.09. The van der Waals surface area contributed by atoms with Gasteiger partial charge in [-0.2, -0.15) is 0 Å². The fourth-order valence-corrected chi connectivity index (χ4v) is 3.00. The monoisotopic (exact) mass is 342 g/mol. The first-order valence-corrected chi connectivity index (χ1v) is 8.37. The molecule has 2 heterocycles. The van der Waals surface area contributed by atoms with Crippen LogP contribution in [0.5, 0.6) is 5.75 Å². The minimum Gasteiger partial charge on any atom is -0.497 e. The zero-order chi connectivity index (χ0) is 16.8. The molecule has 0 spiro atoms. The van der Waals surface area contributed by atoms with Crippen LogP contribution in [0.4, 0.5) is 10.5 Å². The van der Waals surface area contributed by atoms with E-state index in [1.165, 1.54) is 0 Å². The van der Waals surface area contributed by atoms with Crippen LogP contribution in [0.1, 0.15) is 10.6 Å². The van der Waals surface area contributed by atoms with Crippen molar-refractivity contribution in [3.05, 3.63) is 70.8 Å². The second-order valence-electron chi connectivity index (χ2n) is 5.18. The molecule has 2 amide bonds. The van der Waals surface area contributed by atoms with Crippen LogP contribution in [0.2, 0.25) is 0 Å². The van der Waals surface area contributed by atoms with E-state index in [0.717, 1.165) is 10.6 Å². The Morgan fingerprint density at radius 3 is 2.83 bits per heavy atom. The maximum Gasteiger partial charge on any atom is 0.322 e. The smallest absolute Gasteiger partial charge is 0.322 e. The first-order valence-electron chi connectivity index (χ1n) is 7.49. The van der Waals surface area contributed by atoms with Crippen LogP contribution >= 0.6 is 11.3 Å². The Labute approximate surface area is 144 Å². The summed E-state index contributed by atoms with van der Waals surface area (Å²) in [6.45, 7) is 0.925. The molecule has 5 nitrogen and oxygen atoms in total.